The van der Waals surface area contributed by atoms with Gasteiger partial charge in [-0.1, -0.05) is 30.3 Å². The van der Waals surface area contributed by atoms with Crippen molar-refractivity contribution in [2.75, 3.05) is 18.4 Å². The van der Waals surface area contributed by atoms with Crippen LogP contribution >= 0.6 is 0 Å². The number of rotatable bonds is 5. The third-order valence-electron chi connectivity index (χ3n) is 6.61. The van der Waals surface area contributed by atoms with Crippen molar-refractivity contribution in [3.63, 3.8) is 0 Å². The minimum atomic E-state index is -0.766. The minimum Gasteiger partial charge on any atom is -0.385 e. The monoisotopic (exact) mass is 453 g/mol. The largest absolute Gasteiger partial charge is 0.385 e. The number of imidazole rings is 1. The van der Waals surface area contributed by atoms with Crippen molar-refractivity contribution in [1.82, 2.24) is 24.7 Å². The van der Waals surface area contributed by atoms with Gasteiger partial charge in [0.2, 0.25) is 5.95 Å². The van der Waals surface area contributed by atoms with Crippen LogP contribution in [0.1, 0.15) is 48.1 Å². The van der Waals surface area contributed by atoms with E-state index in [-0.39, 0.29) is 6.04 Å². The first-order valence-electron chi connectivity index (χ1n) is 11.5. The standard InChI is InChI=1S/C26H27N7O/c1-17-4-3-13-33-22(16-29-24(17)33)23-20(14-27)15-30-25(32-23)31-18(2)19-5-7-21(8-6-19)26(34)9-11-28-12-10-26/h3-8,13,15-16,18,28,34H,9-12H2,1-2H3,(H,30,31,32)/t18-/m0/s1. The van der Waals surface area contributed by atoms with Crippen molar-refractivity contribution < 1.29 is 5.11 Å². The number of pyridine rings is 1. The van der Waals surface area contributed by atoms with Crippen molar-refractivity contribution in [3.05, 3.63) is 77.2 Å². The Morgan fingerprint density at radius 2 is 1.91 bits per heavy atom. The Kier molecular flexibility index (Phi) is 5.74. The number of piperidine rings is 1. The van der Waals surface area contributed by atoms with Gasteiger partial charge in [-0.15, -0.1) is 0 Å². The molecule has 5 rings (SSSR count). The molecule has 8 nitrogen and oxygen atoms in total. The van der Waals surface area contributed by atoms with Gasteiger partial charge >= 0.3 is 0 Å². The fourth-order valence-corrected chi connectivity index (χ4v) is 4.54. The van der Waals surface area contributed by atoms with Gasteiger partial charge in [-0.2, -0.15) is 5.26 Å². The number of aryl methyl sites for hydroxylation is 1. The lowest BCUT2D eigenvalue weighted by atomic mass is 9.84. The molecule has 34 heavy (non-hydrogen) atoms. The second-order valence-electron chi connectivity index (χ2n) is 8.87. The summed E-state index contributed by atoms with van der Waals surface area (Å²) in [7, 11) is 0. The summed E-state index contributed by atoms with van der Waals surface area (Å²) in [5, 5.41) is 27.2. The second-order valence-corrected chi connectivity index (χ2v) is 8.87. The molecule has 1 aliphatic rings. The average Bonchev–Trinajstić information content (AvgIpc) is 3.30. The van der Waals surface area contributed by atoms with E-state index in [2.05, 4.69) is 31.7 Å². The topological polar surface area (TPSA) is 111 Å². The zero-order chi connectivity index (χ0) is 23.7. The number of nitriles is 1. The average molecular weight is 454 g/mol. The number of aliphatic hydroxyl groups is 1. The Hall–Kier alpha value is -3.80. The number of anilines is 1. The normalized spacial score (nSPS) is 16.2. The molecule has 0 bridgehead atoms. The van der Waals surface area contributed by atoms with Gasteiger partial charge in [0.05, 0.1) is 35.3 Å². The van der Waals surface area contributed by atoms with E-state index in [1.807, 2.05) is 60.8 Å². The van der Waals surface area contributed by atoms with Crippen molar-refractivity contribution in [3.8, 4) is 17.5 Å². The summed E-state index contributed by atoms with van der Waals surface area (Å²) >= 11 is 0. The SMILES string of the molecule is Cc1cccn2c(-c3nc(N[C@@H](C)c4ccc(C5(O)CCNCC5)cc4)ncc3C#N)cnc12. The molecular weight excluding hydrogens is 426 g/mol. The number of hydrogen-bond acceptors (Lipinski definition) is 7. The highest BCUT2D eigenvalue weighted by atomic mass is 16.3. The van der Waals surface area contributed by atoms with E-state index < -0.39 is 5.60 Å². The molecule has 8 heteroatoms. The van der Waals surface area contributed by atoms with Gasteiger partial charge in [-0.25, -0.2) is 15.0 Å². The molecule has 4 heterocycles. The molecule has 0 saturated carbocycles. The zero-order valence-electron chi connectivity index (χ0n) is 19.3. The van der Waals surface area contributed by atoms with Crippen LogP contribution in [0.5, 0.6) is 0 Å². The van der Waals surface area contributed by atoms with Crippen LogP contribution in [-0.2, 0) is 5.60 Å². The lowest BCUT2D eigenvalue weighted by molar-refractivity contribution is 0.00592. The van der Waals surface area contributed by atoms with E-state index in [0.29, 0.717) is 30.0 Å². The summed E-state index contributed by atoms with van der Waals surface area (Å²) in [6, 6.07) is 14.2. The number of aromatic nitrogens is 4. The molecule has 0 unspecified atom stereocenters. The van der Waals surface area contributed by atoms with Crippen LogP contribution in [0.2, 0.25) is 0 Å². The van der Waals surface area contributed by atoms with Crippen LogP contribution in [0.3, 0.4) is 0 Å². The lowest BCUT2D eigenvalue weighted by Gasteiger charge is -2.33. The maximum absolute atomic E-state index is 11.0. The summed E-state index contributed by atoms with van der Waals surface area (Å²) in [5.74, 6) is 0.435. The Morgan fingerprint density at radius 1 is 1.15 bits per heavy atom. The summed E-state index contributed by atoms with van der Waals surface area (Å²) in [6.45, 7) is 5.68. The van der Waals surface area contributed by atoms with Crippen molar-refractivity contribution in [2.24, 2.45) is 0 Å². The van der Waals surface area contributed by atoms with Crippen molar-refractivity contribution >= 4 is 11.6 Å². The summed E-state index contributed by atoms with van der Waals surface area (Å²) < 4.78 is 1.94. The molecule has 1 fully saturated rings. The first kappa shape index (κ1) is 22.0. The highest BCUT2D eigenvalue weighted by Crippen LogP contribution is 2.31. The van der Waals surface area contributed by atoms with Crippen LogP contribution in [0.4, 0.5) is 5.95 Å². The third kappa shape index (κ3) is 4.00. The van der Waals surface area contributed by atoms with E-state index in [9.17, 15) is 10.4 Å². The summed E-state index contributed by atoms with van der Waals surface area (Å²) in [5.41, 5.74) is 4.79. The van der Waals surface area contributed by atoms with Crippen LogP contribution < -0.4 is 10.6 Å². The second kappa shape index (κ2) is 8.86. The summed E-state index contributed by atoms with van der Waals surface area (Å²) in [6.07, 6.45) is 6.63. The smallest absolute Gasteiger partial charge is 0.223 e. The first-order valence-corrected chi connectivity index (χ1v) is 11.5. The zero-order valence-corrected chi connectivity index (χ0v) is 19.3. The van der Waals surface area contributed by atoms with Crippen LogP contribution in [-0.4, -0.2) is 37.5 Å². The molecule has 1 saturated heterocycles. The Bertz CT molecular complexity index is 1360. The number of benzene rings is 1. The number of nitrogens with zero attached hydrogens (tertiary/aromatic N) is 5. The van der Waals surface area contributed by atoms with Gasteiger partial charge in [0.15, 0.2) is 0 Å². The van der Waals surface area contributed by atoms with Crippen molar-refractivity contribution in [2.45, 2.75) is 38.3 Å². The van der Waals surface area contributed by atoms with Crippen LogP contribution in [0.15, 0.2) is 55.0 Å². The highest BCUT2D eigenvalue weighted by Gasteiger charge is 2.31. The van der Waals surface area contributed by atoms with E-state index in [4.69, 9.17) is 0 Å². The summed E-state index contributed by atoms with van der Waals surface area (Å²) in [4.78, 5) is 13.6. The molecule has 0 radical (unpaired) electrons. The number of hydrogen-bond donors (Lipinski definition) is 3. The van der Waals surface area contributed by atoms with Gasteiger partial charge in [-0.3, -0.25) is 4.40 Å². The Balaban J connectivity index is 1.41. The molecule has 0 aliphatic carbocycles. The fourth-order valence-electron chi connectivity index (χ4n) is 4.54. The van der Waals surface area contributed by atoms with E-state index in [1.54, 1.807) is 12.4 Å². The number of nitrogens with one attached hydrogen (secondary N) is 2. The fraction of sp³-hybridized carbons (Fsp3) is 0.308. The molecule has 0 amide bonds. The lowest BCUT2D eigenvalue weighted by Crippen LogP contribution is -2.39. The number of fused-ring (bicyclic) bond motifs is 1. The molecule has 172 valence electrons. The predicted octanol–water partition coefficient (Wildman–Crippen LogP) is 3.72. The molecule has 1 atom stereocenters. The molecule has 0 spiro atoms. The van der Waals surface area contributed by atoms with Crippen LogP contribution in [0, 0.1) is 18.3 Å². The van der Waals surface area contributed by atoms with Crippen LogP contribution in [0.25, 0.3) is 17.0 Å². The maximum atomic E-state index is 11.0. The van der Waals surface area contributed by atoms with Gasteiger partial charge < -0.3 is 15.7 Å². The van der Waals surface area contributed by atoms with Gasteiger partial charge in [0.25, 0.3) is 0 Å². The molecular formula is C26H27N7O. The first-order chi connectivity index (χ1) is 16.5. The highest BCUT2D eigenvalue weighted by molar-refractivity contribution is 5.68. The molecule has 4 aromatic rings. The molecule has 1 aliphatic heterocycles. The Labute approximate surface area is 198 Å². The van der Waals surface area contributed by atoms with E-state index >= 15 is 0 Å². The Morgan fingerprint density at radius 3 is 2.65 bits per heavy atom. The third-order valence-corrected chi connectivity index (χ3v) is 6.61. The van der Waals surface area contributed by atoms with Gasteiger partial charge in [0, 0.05) is 6.20 Å². The quantitative estimate of drug-likeness (QED) is 0.422. The van der Waals surface area contributed by atoms with Gasteiger partial charge in [0.1, 0.15) is 17.4 Å². The molecule has 3 N–H and O–H groups in total. The minimum absolute atomic E-state index is 0.0677. The van der Waals surface area contributed by atoms with Crippen molar-refractivity contribution in [1.29, 1.82) is 5.26 Å². The van der Waals surface area contributed by atoms with E-state index in [0.717, 1.165) is 41.1 Å². The van der Waals surface area contributed by atoms with E-state index in [1.165, 1.54) is 0 Å². The predicted molar refractivity (Wildman–Crippen MR) is 130 cm³/mol. The maximum Gasteiger partial charge on any atom is 0.223 e. The van der Waals surface area contributed by atoms with Gasteiger partial charge in [-0.05, 0) is 62.5 Å². The molecule has 1 aromatic carbocycles. The molecule has 3 aromatic heterocycles.